The molecule has 0 N–H and O–H groups in total. The molecule has 1 fully saturated rings. The van der Waals surface area contributed by atoms with Crippen LogP contribution >= 0.6 is 0 Å². The van der Waals surface area contributed by atoms with Gasteiger partial charge in [-0.2, -0.15) is 5.26 Å². The molecular weight excluding hydrogens is 424 g/mol. The Morgan fingerprint density at radius 3 is 1.94 bits per heavy atom. The maximum atomic E-state index is 9.55. The first-order chi connectivity index (χ1) is 17.3. The molecule has 1 heterocycles. The van der Waals surface area contributed by atoms with Gasteiger partial charge in [0.2, 0.25) is 0 Å². The second kappa shape index (κ2) is 11.3. The Hall–Kier alpha value is -3.41. The van der Waals surface area contributed by atoms with Gasteiger partial charge in [0.05, 0.1) is 12.0 Å². The van der Waals surface area contributed by atoms with E-state index in [0.717, 1.165) is 44.3 Å². The third-order valence-corrected chi connectivity index (χ3v) is 7.54. The van der Waals surface area contributed by atoms with Crippen molar-refractivity contribution in [3.8, 4) is 6.07 Å². The molecule has 2 heteroatoms. The molecule has 3 aromatic rings. The highest BCUT2D eigenvalue weighted by atomic mass is 15.1. The van der Waals surface area contributed by atoms with E-state index in [1.807, 2.05) is 18.2 Å². The maximum Gasteiger partial charge on any atom is 0.0712 e. The molecule has 3 aromatic carbocycles. The Bertz CT molecular complexity index is 1180. The van der Waals surface area contributed by atoms with Crippen molar-refractivity contribution in [1.29, 1.82) is 5.26 Å². The summed E-state index contributed by atoms with van der Waals surface area (Å²) < 4.78 is 0. The van der Waals surface area contributed by atoms with Gasteiger partial charge >= 0.3 is 0 Å². The molecule has 0 radical (unpaired) electrons. The number of fused-ring (bicyclic) bond motifs is 2. The molecule has 0 bridgehead atoms. The topological polar surface area (TPSA) is 27.0 Å². The Labute approximate surface area is 210 Å². The van der Waals surface area contributed by atoms with Crippen molar-refractivity contribution >= 4 is 17.7 Å². The Kier molecular flexibility index (Phi) is 7.56. The summed E-state index contributed by atoms with van der Waals surface area (Å²) in [4.78, 5) is 2.63. The minimum Gasteiger partial charge on any atom is -0.303 e. The van der Waals surface area contributed by atoms with Crippen LogP contribution in [-0.2, 0) is 0 Å². The molecule has 176 valence electrons. The number of piperidine rings is 1. The predicted molar refractivity (Wildman–Crippen MR) is 147 cm³/mol. The van der Waals surface area contributed by atoms with Crippen LogP contribution in [0.25, 0.3) is 17.7 Å². The average molecular weight is 459 g/mol. The van der Waals surface area contributed by atoms with Crippen LogP contribution in [0.5, 0.6) is 0 Å². The molecule has 2 aliphatic rings. The molecule has 0 spiro atoms. The molecule has 5 rings (SSSR count). The van der Waals surface area contributed by atoms with E-state index in [4.69, 9.17) is 0 Å². The first-order valence-corrected chi connectivity index (χ1v) is 13.1. The zero-order valence-corrected chi connectivity index (χ0v) is 20.5. The van der Waals surface area contributed by atoms with Gasteiger partial charge in [-0.05, 0) is 65.6 Å². The summed E-state index contributed by atoms with van der Waals surface area (Å²) >= 11 is 0. The van der Waals surface area contributed by atoms with Gasteiger partial charge < -0.3 is 4.90 Å². The number of likely N-dealkylation sites (tertiary alicyclic amines) is 1. The number of rotatable bonds is 7. The van der Waals surface area contributed by atoms with Crippen LogP contribution in [0.3, 0.4) is 0 Å². The van der Waals surface area contributed by atoms with Crippen LogP contribution < -0.4 is 0 Å². The third kappa shape index (κ3) is 5.47. The van der Waals surface area contributed by atoms with Gasteiger partial charge in [-0.1, -0.05) is 109 Å². The predicted octanol–water partition coefficient (Wildman–Crippen LogP) is 7.94. The van der Waals surface area contributed by atoms with Gasteiger partial charge in [-0.3, -0.25) is 0 Å². The molecule has 0 amide bonds. The normalized spacial score (nSPS) is 16.2. The van der Waals surface area contributed by atoms with Crippen LogP contribution in [0.4, 0.5) is 0 Å². The minimum atomic E-state index is 0.0280. The largest absolute Gasteiger partial charge is 0.303 e. The fraction of sp³-hybridized carbons (Fsp3) is 0.303. The first-order valence-electron chi connectivity index (χ1n) is 13.1. The molecule has 2 nitrogen and oxygen atoms in total. The first kappa shape index (κ1) is 23.3. The second-order valence-electron chi connectivity index (χ2n) is 9.77. The smallest absolute Gasteiger partial charge is 0.0712 e. The van der Waals surface area contributed by atoms with Gasteiger partial charge in [0.25, 0.3) is 0 Å². The van der Waals surface area contributed by atoms with E-state index in [0.29, 0.717) is 0 Å². The lowest BCUT2D eigenvalue weighted by Gasteiger charge is -2.30. The lowest BCUT2D eigenvalue weighted by Crippen LogP contribution is -2.32. The molecule has 1 aliphatic heterocycles. The molecule has 35 heavy (non-hydrogen) atoms. The van der Waals surface area contributed by atoms with Crippen molar-refractivity contribution in [2.75, 3.05) is 19.6 Å². The summed E-state index contributed by atoms with van der Waals surface area (Å²) in [5.41, 5.74) is 9.61. The van der Waals surface area contributed by atoms with Crippen LogP contribution in [0.15, 0.2) is 84.4 Å². The van der Waals surface area contributed by atoms with Crippen LogP contribution in [0.1, 0.15) is 72.3 Å². The standard InChI is InChI=1S/C33H34N2/c34-25-30(26-11-3-1-4-12-26)15-5-2-10-22-35-23-20-29(21-24-35)33-31-16-8-6-13-27(31)18-19-28-14-7-9-17-32(28)33/h1,3-4,6-9,11-14,16-19,30H,2,5,10,15,20-24H2. The van der Waals surface area contributed by atoms with Gasteiger partial charge in [0, 0.05) is 13.1 Å². The second-order valence-corrected chi connectivity index (χ2v) is 9.77. The Morgan fingerprint density at radius 1 is 0.714 bits per heavy atom. The molecule has 1 unspecified atom stereocenters. The fourth-order valence-electron chi connectivity index (χ4n) is 5.59. The SMILES string of the molecule is N#CC(CCCCCN1CCC(=C2c3ccccc3C=Cc3ccccc32)CC1)c1ccccc1. The zero-order chi connectivity index (χ0) is 23.9. The van der Waals surface area contributed by atoms with E-state index in [1.165, 1.54) is 47.2 Å². The molecule has 0 aromatic heterocycles. The molecule has 1 aliphatic carbocycles. The summed E-state index contributed by atoms with van der Waals surface area (Å²) in [6, 6.07) is 30.4. The average Bonchev–Trinajstić information content (AvgIpc) is 3.09. The number of hydrogen-bond donors (Lipinski definition) is 0. The molecule has 1 saturated heterocycles. The number of nitrogens with zero attached hydrogens (tertiary/aromatic N) is 2. The lowest BCUT2D eigenvalue weighted by molar-refractivity contribution is 0.251. The van der Waals surface area contributed by atoms with Crippen molar-refractivity contribution in [3.63, 3.8) is 0 Å². The van der Waals surface area contributed by atoms with Crippen molar-refractivity contribution in [1.82, 2.24) is 4.90 Å². The highest BCUT2D eigenvalue weighted by Crippen LogP contribution is 2.38. The van der Waals surface area contributed by atoms with E-state index >= 15 is 0 Å². The van der Waals surface area contributed by atoms with Gasteiger partial charge in [0.1, 0.15) is 0 Å². The van der Waals surface area contributed by atoms with Gasteiger partial charge in [0.15, 0.2) is 0 Å². The quantitative estimate of drug-likeness (QED) is 0.263. The van der Waals surface area contributed by atoms with Crippen LogP contribution in [0.2, 0.25) is 0 Å². The summed E-state index contributed by atoms with van der Waals surface area (Å²) in [5, 5.41) is 9.55. The van der Waals surface area contributed by atoms with Crippen LogP contribution in [0, 0.1) is 11.3 Å². The van der Waals surface area contributed by atoms with Gasteiger partial charge in [-0.15, -0.1) is 0 Å². The summed E-state index contributed by atoms with van der Waals surface area (Å²) in [6.07, 6.45) is 11.3. The highest BCUT2D eigenvalue weighted by Gasteiger charge is 2.22. The van der Waals surface area contributed by atoms with E-state index in [2.05, 4.69) is 83.8 Å². The Balaban J connectivity index is 1.18. The zero-order valence-electron chi connectivity index (χ0n) is 20.5. The minimum absolute atomic E-state index is 0.0280. The van der Waals surface area contributed by atoms with E-state index in [-0.39, 0.29) is 5.92 Å². The van der Waals surface area contributed by atoms with Crippen molar-refractivity contribution in [2.24, 2.45) is 0 Å². The Morgan fingerprint density at radius 2 is 1.31 bits per heavy atom. The van der Waals surface area contributed by atoms with Crippen molar-refractivity contribution < 1.29 is 0 Å². The summed E-state index contributed by atoms with van der Waals surface area (Å²) in [6.45, 7) is 3.45. The highest BCUT2D eigenvalue weighted by molar-refractivity contribution is 5.94. The lowest BCUT2D eigenvalue weighted by atomic mass is 9.86. The fourth-order valence-corrected chi connectivity index (χ4v) is 5.59. The summed E-state index contributed by atoms with van der Waals surface area (Å²) in [5.74, 6) is 0.0280. The summed E-state index contributed by atoms with van der Waals surface area (Å²) in [7, 11) is 0. The van der Waals surface area contributed by atoms with E-state index in [9.17, 15) is 5.26 Å². The monoisotopic (exact) mass is 458 g/mol. The van der Waals surface area contributed by atoms with E-state index in [1.54, 1.807) is 5.57 Å². The number of unbranched alkanes of at least 4 members (excludes halogenated alkanes) is 2. The number of nitriles is 1. The molecule has 0 saturated carbocycles. The molecule has 1 atom stereocenters. The van der Waals surface area contributed by atoms with E-state index < -0.39 is 0 Å². The van der Waals surface area contributed by atoms with Crippen molar-refractivity contribution in [2.45, 2.75) is 44.4 Å². The van der Waals surface area contributed by atoms with Gasteiger partial charge in [-0.25, -0.2) is 0 Å². The number of hydrogen-bond acceptors (Lipinski definition) is 2. The van der Waals surface area contributed by atoms with Crippen molar-refractivity contribution in [3.05, 3.63) is 112 Å². The molecular formula is C33H34N2. The maximum absolute atomic E-state index is 9.55. The number of benzene rings is 3. The van der Waals surface area contributed by atoms with Crippen LogP contribution in [-0.4, -0.2) is 24.5 Å². The third-order valence-electron chi connectivity index (χ3n) is 7.54.